The van der Waals surface area contributed by atoms with Crippen LogP contribution in [0.25, 0.3) is 0 Å². The molecule has 0 radical (unpaired) electrons. The highest BCUT2D eigenvalue weighted by Crippen LogP contribution is 2.38. The predicted molar refractivity (Wildman–Crippen MR) is 57.3 cm³/mol. The van der Waals surface area contributed by atoms with Crippen molar-refractivity contribution in [1.29, 1.82) is 0 Å². The highest BCUT2D eigenvalue weighted by atomic mass is 79.9. The molecule has 0 amide bonds. The van der Waals surface area contributed by atoms with E-state index in [1.807, 2.05) is 0 Å². The van der Waals surface area contributed by atoms with Gasteiger partial charge in [-0.3, -0.25) is 0 Å². The Balaban J connectivity index is 2.87. The number of methoxy groups -OCH3 is 1. The first-order valence-electron chi connectivity index (χ1n) is 3.96. The summed E-state index contributed by atoms with van der Waals surface area (Å²) in [6, 6.07) is 0. The molecule has 0 aromatic carbocycles. The van der Waals surface area contributed by atoms with E-state index >= 15 is 0 Å². The molecule has 0 fully saturated rings. The number of esters is 1. The van der Waals surface area contributed by atoms with E-state index in [-0.39, 0.29) is 10.3 Å². The predicted octanol–water partition coefficient (Wildman–Crippen LogP) is 2.04. The minimum atomic E-state index is -0.293. The van der Waals surface area contributed by atoms with Gasteiger partial charge in [0, 0.05) is 4.91 Å². The Kier molecular flexibility index (Phi) is 3.67. The van der Waals surface area contributed by atoms with Gasteiger partial charge in [-0.2, -0.15) is 0 Å². The number of carbonyl (C=O) groups is 1. The molecule has 0 aromatic rings. The molecular formula is C8H12BrNO2S. The highest BCUT2D eigenvalue weighted by Gasteiger charge is 2.28. The van der Waals surface area contributed by atoms with Crippen molar-refractivity contribution < 1.29 is 9.53 Å². The number of alkyl halides is 1. The molecule has 0 aliphatic carbocycles. The lowest BCUT2D eigenvalue weighted by molar-refractivity contribution is -0.136. The molecule has 5 heteroatoms. The molecule has 13 heavy (non-hydrogen) atoms. The lowest BCUT2D eigenvalue weighted by Gasteiger charge is -2.06. The lowest BCUT2D eigenvalue weighted by atomic mass is 10.2. The van der Waals surface area contributed by atoms with Gasteiger partial charge in [0.1, 0.15) is 9.98 Å². The fourth-order valence-electron chi connectivity index (χ4n) is 1.07. The molecule has 0 saturated carbocycles. The third-order valence-electron chi connectivity index (χ3n) is 1.65. The Morgan fingerprint density at radius 1 is 1.69 bits per heavy atom. The molecule has 1 aliphatic heterocycles. The molecule has 1 N–H and O–H groups in total. The number of hydrogen-bond acceptors (Lipinski definition) is 4. The summed E-state index contributed by atoms with van der Waals surface area (Å²) >= 11 is 5.00. The number of carbonyl (C=O) groups excluding carboxylic acids is 1. The Morgan fingerprint density at radius 3 is 2.77 bits per heavy atom. The van der Waals surface area contributed by atoms with Crippen LogP contribution in [0.2, 0.25) is 0 Å². The molecular weight excluding hydrogens is 254 g/mol. The van der Waals surface area contributed by atoms with Gasteiger partial charge in [0.15, 0.2) is 0 Å². The van der Waals surface area contributed by atoms with Crippen molar-refractivity contribution in [1.82, 2.24) is 5.32 Å². The van der Waals surface area contributed by atoms with Gasteiger partial charge in [0.25, 0.3) is 0 Å². The molecule has 0 spiro atoms. The van der Waals surface area contributed by atoms with Gasteiger partial charge in [-0.15, -0.1) is 0 Å². The Labute approximate surface area is 90.4 Å². The summed E-state index contributed by atoms with van der Waals surface area (Å²) in [5, 5.41) is 3.02. The van der Waals surface area contributed by atoms with E-state index in [0.717, 1.165) is 4.91 Å². The van der Waals surface area contributed by atoms with E-state index in [1.165, 1.54) is 7.11 Å². The first-order valence-corrected chi connectivity index (χ1v) is 5.75. The second-order valence-electron chi connectivity index (χ2n) is 2.96. The summed E-state index contributed by atoms with van der Waals surface area (Å²) in [4.78, 5) is 12.3. The van der Waals surface area contributed by atoms with Crippen LogP contribution in [-0.4, -0.2) is 17.4 Å². The molecule has 0 saturated heterocycles. The SMILES string of the molecule is COC(=O)C1=C(C(C)C)SC(Br)N1. The zero-order valence-electron chi connectivity index (χ0n) is 7.76. The van der Waals surface area contributed by atoms with E-state index < -0.39 is 0 Å². The maximum Gasteiger partial charge on any atom is 0.355 e. The minimum Gasteiger partial charge on any atom is -0.464 e. The number of allylic oxidation sites excluding steroid dienone is 1. The number of ether oxygens (including phenoxy) is 1. The van der Waals surface area contributed by atoms with E-state index in [2.05, 4.69) is 39.8 Å². The summed E-state index contributed by atoms with van der Waals surface area (Å²) < 4.78 is 4.75. The monoisotopic (exact) mass is 265 g/mol. The standard InChI is InChI=1S/C8H12BrNO2S/c1-4(2)6-5(7(11)12-3)10-8(9)13-6/h4,8,10H,1-3H3. The third-order valence-corrected chi connectivity index (χ3v) is 3.69. The van der Waals surface area contributed by atoms with Crippen LogP contribution in [-0.2, 0) is 9.53 Å². The van der Waals surface area contributed by atoms with Gasteiger partial charge in [-0.25, -0.2) is 4.79 Å². The first-order chi connectivity index (χ1) is 6.06. The topological polar surface area (TPSA) is 38.3 Å². The smallest absolute Gasteiger partial charge is 0.355 e. The van der Waals surface area contributed by atoms with Crippen molar-refractivity contribution in [3.63, 3.8) is 0 Å². The van der Waals surface area contributed by atoms with E-state index in [9.17, 15) is 4.79 Å². The lowest BCUT2D eigenvalue weighted by Crippen LogP contribution is -2.21. The zero-order valence-corrected chi connectivity index (χ0v) is 10.2. The fourth-order valence-corrected chi connectivity index (χ4v) is 2.84. The molecule has 0 bridgehead atoms. The average Bonchev–Trinajstić information content (AvgIpc) is 2.46. The van der Waals surface area contributed by atoms with Crippen LogP contribution in [0, 0.1) is 5.92 Å². The maximum atomic E-state index is 11.3. The van der Waals surface area contributed by atoms with Crippen LogP contribution in [0.15, 0.2) is 10.6 Å². The molecule has 1 aliphatic rings. The molecule has 0 aromatic heterocycles. The highest BCUT2D eigenvalue weighted by molar-refractivity contribution is 9.11. The second kappa shape index (κ2) is 4.37. The number of nitrogens with one attached hydrogen (secondary N) is 1. The Bertz CT molecular complexity index is 253. The third kappa shape index (κ3) is 2.40. The normalized spacial score (nSPS) is 22.1. The Morgan fingerprint density at radius 2 is 2.31 bits per heavy atom. The number of thioether (sulfide) groups is 1. The quantitative estimate of drug-likeness (QED) is 0.471. The van der Waals surface area contributed by atoms with Gasteiger partial charge in [0.2, 0.25) is 0 Å². The summed E-state index contributed by atoms with van der Waals surface area (Å²) in [5.41, 5.74) is 0.587. The molecule has 1 unspecified atom stereocenters. The summed E-state index contributed by atoms with van der Waals surface area (Å²) in [6.07, 6.45) is 0. The summed E-state index contributed by atoms with van der Waals surface area (Å²) in [5.74, 6) is 0.0484. The molecule has 1 heterocycles. The average molecular weight is 266 g/mol. The van der Waals surface area contributed by atoms with Crippen molar-refractivity contribution in [2.24, 2.45) is 5.92 Å². The van der Waals surface area contributed by atoms with Crippen molar-refractivity contribution in [3.8, 4) is 0 Å². The molecule has 1 atom stereocenters. The van der Waals surface area contributed by atoms with Crippen molar-refractivity contribution in [2.45, 2.75) is 18.1 Å². The van der Waals surface area contributed by atoms with Crippen molar-refractivity contribution in [2.75, 3.05) is 7.11 Å². The van der Waals surface area contributed by atoms with E-state index in [0.29, 0.717) is 11.6 Å². The number of rotatable bonds is 2. The van der Waals surface area contributed by atoms with Crippen LogP contribution >= 0.6 is 27.7 Å². The van der Waals surface area contributed by atoms with Gasteiger partial charge >= 0.3 is 5.97 Å². The molecule has 74 valence electrons. The van der Waals surface area contributed by atoms with Crippen molar-refractivity contribution in [3.05, 3.63) is 10.6 Å². The van der Waals surface area contributed by atoms with Crippen molar-refractivity contribution >= 4 is 33.7 Å². The first kappa shape index (κ1) is 10.9. The number of halogens is 1. The van der Waals surface area contributed by atoms with Gasteiger partial charge < -0.3 is 10.1 Å². The van der Waals surface area contributed by atoms with Crippen LogP contribution in [0.1, 0.15) is 13.8 Å². The van der Waals surface area contributed by atoms with Crippen LogP contribution in [0.5, 0.6) is 0 Å². The van der Waals surface area contributed by atoms with Gasteiger partial charge in [0.05, 0.1) is 7.11 Å². The van der Waals surface area contributed by atoms with Gasteiger partial charge in [-0.05, 0) is 5.92 Å². The maximum absolute atomic E-state index is 11.3. The number of hydrogen-bond donors (Lipinski definition) is 1. The van der Waals surface area contributed by atoms with Crippen LogP contribution in [0.4, 0.5) is 0 Å². The molecule has 1 rings (SSSR count). The summed E-state index contributed by atoms with van der Waals surface area (Å²) in [7, 11) is 1.39. The van der Waals surface area contributed by atoms with E-state index in [4.69, 9.17) is 0 Å². The molecule has 3 nitrogen and oxygen atoms in total. The fraction of sp³-hybridized carbons (Fsp3) is 0.625. The Hall–Kier alpha value is -0.160. The van der Waals surface area contributed by atoms with E-state index in [1.54, 1.807) is 11.8 Å². The van der Waals surface area contributed by atoms with Gasteiger partial charge in [-0.1, -0.05) is 41.5 Å². The van der Waals surface area contributed by atoms with Crippen LogP contribution < -0.4 is 5.32 Å². The summed E-state index contributed by atoms with van der Waals surface area (Å²) in [6.45, 7) is 4.11. The zero-order chi connectivity index (χ0) is 10.0. The second-order valence-corrected chi connectivity index (χ2v) is 5.63. The minimum absolute atomic E-state index is 0.0824. The largest absolute Gasteiger partial charge is 0.464 e. The van der Waals surface area contributed by atoms with Crippen LogP contribution in [0.3, 0.4) is 0 Å².